The van der Waals surface area contributed by atoms with Gasteiger partial charge in [-0.05, 0) is 25.5 Å². The second-order valence-electron chi connectivity index (χ2n) is 7.45. The molecular formula is C22H17F7N4O3. The zero-order chi connectivity index (χ0) is 26.9. The first-order valence-electron chi connectivity index (χ1n) is 10.1. The number of anilines is 1. The maximum absolute atomic E-state index is 14.2. The summed E-state index contributed by atoms with van der Waals surface area (Å²) in [6, 6.07) is 3.76. The van der Waals surface area contributed by atoms with Crippen LogP contribution >= 0.6 is 0 Å². The Morgan fingerprint density at radius 1 is 1.11 bits per heavy atom. The van der Waals surface area contributed by atoms with E-state index in [0.717, 1.165) is 12.1 Å². The van der Waals surface area contributed by atoms with Gasteiger partial charge in [-0.25, -0.2) is 9.37 Å². The van der Waals surface area contributed by atoms with Gasteiger partial charge in [0.25, 0.3) is 17.4 Å². The molecule has 2 aromatic heterocycles. The molecule has 0 aliphatic rings. The van der Waals surface area contributed by atoms with E-state index in [1.807, 2.05) is 0 Å². The van der Waals surface area contributed by atoms with Crippen molar-refractivity contribution in [3.05, 3.63) is 71.0 Å². The van der Waals surface area contributed by atoms with Gasteiger partial charge in [0, 0.05) is 12.0 Å². The van der Waals surface area contributed by atoms with Crippen molar-refractivity contribution in [3.63, 3.8) is 0 Å². The van der Waals surface area contributed by atoms with Crippen molar-refractivity contribution in [1.29, 1.82) is 0 Å². The maximum Gasteiger partial charge on any atom is 0.430 e. The van der Waals surface area contributed by atoms with Crippen LogP contribution in [0.5, 0.6) is 0 Å². The lowest BCUT2D eigenvalue weighted by Gasteiger charge is -2.27. The summed E-state index contributed by atoms with van der Waals surface area (Å²) in [7, 11) is 0. The third-order valence-corrected chi connectivity index (χ3v) is 5.01. The molecule has 0 aliphatic carbocycles. The molecule has 14 heteroatoms. The highest BCUT2D eigenvalue weighted by Gasteiger charge is 2.61. The van der Waals surface area contributed by atoms with Crippen LogP contribution in [-0.4, -0.2) is 32.2 Å². The summed E-state index contributed by atoms with van der Waals surface area (Å²) in [4.78, 5) is 16.0. The minimum absolute atomic E-state index is 0.0972. The summed E-state index contributed by atoms with van der Waals surface area (Å²) in [5, 5.41) is 16.9. The van der Waals surface area contributed by atoms with Gasteiger partial charge in [-0.15, -0.1) is 10.2 Å². The SMILES string of the molecule is C/C=C\CCC(=O)c1nc(-c2nnc(C(O)(c3ccccc3F)C(F)(F)F)o2)c(N)cc1C(F)(F)F. The number of halogens is 7. The number of Topliss-reactive ketones (excluding diaryl/α,β-unsaturated/α-hetero) is 1. The maximum atomic E-state index is 14.2. The van der Waals surface area contributed by atoms with Gasteiger partial charge in [-0.1, -0.05) is 30.4 Å². The number of carbonyl (C=O) groups excluding carboxylic acids is 1. The van der Waals surface area contributed by atoms with Crippen LogP contribution in [0.3, 0.4) is 0 Å². The number of nitrogen functional groups attached to an aromatic ring is 1. The van der Waals surface area contributed by atoms with Crippen LogP contribution in [0.4, 0.5) is 36.4 Å². The van der Waals surface area contributed by atoms with Crippen molar-refractivity contribution in [2.45, 2.75) is 37.7 Å². The number of hydrogen-bond donors (Lipinski definition) is 2. The lowest BCUT2D eigenvalue weighted by Crippen LogP contribution is -2.44. The fourth-order valence-electron chi connectivity index (χ4n) is 3.24. The zero-order valence-corrected chi connectivity index (χ0v) is 18.3. The summed E-state index contributed by atoms with van der Waals surface area (Å²) in [6.45, 7) is 1.64. The first kappa shape index (κ1) is 26.8. The molecule has 3 aromatic rings. The van der Waals surface area contributed by atoms with E-state index in [-0.39, 0.29) is 12.8 Å². The molecule has 192 valence electrons. The number of carbonyl (C=O) groups is 1. The third-order valence-electron chi connectivity index (χ3n) is 5.01. The van der Waals surface area contributed by atoms with Crippen LogP contribution < -0.4 is 5.73 Å². The van der Waals surface area contributed by atoms with Crippen LogP contribution in [0.1, 0.15) is 47.3 Å². The van der Waals surface area contributed by atoms with Gasteiger partial charge in [-0.2, -0.15) is 26.3 Å². The molecule has 0 aliphatic heterocycles. The molecule has 0 radical (unpaired) electrons. The van der Waals surface area contributed by atoms with Crippen LogP contribution in [-0.2, 0) is 11.8 Å². The van der Waals surface area contributed by atoms with Crippen molar-refractivity contribution < 1.29 is 45.1 Å². The number of nitrogens with two attached hydrogens (primary N) is 1. The monoisotopic (exact) mass is 518 g/mol. The minimum atomic E-state index is -5.56. The summed E-state index contributed by atoms with van der Waals surface area (Å²) in [6.07, 6.45) is -7.75. The number of hydrogen-bond acceptors (Lipinski definition) is 7. The quantitative estimate of drug-likeness (QED) is 0.251. The number of aliphatic hydroxyl groups is 1. The highest BCUT2D eigenvalue weighted by Crippen LogP contribution is 2.45. The molecule has 1 unspecified atom stereocenters. The van der Waals surface area contributed by atoms with E-state index in [1.54, 1.807) is 13.0 Å². The number of pyridine rings is 1. The molecule has 0 spiro atoms. The average Bonchev–Trinajstić information content (AvgIpc) is 3.28. The van der Waals surface area contributed by atoms with Gasteiger partial charge in [0.1, 0.15) is 11.5 Å². The van der Waals surface area contributed by atoms with E-state index in [4.69, 9.17) is 10.2 Å². The molecule has 7 nitrogen and oxygen atoms in total. The number of rotatable bonds is 7. The standard InChI is InChI=1S/C22H17F7N4O3/c1-2-3-4-9-15(34)16-12(21(24,25)26)10-14(30)17(31-16)18-32-33-19(36-18)20(35,22(27,28)29)11-7-5-6-8-13(11)23/h2-3,5-8,10,35H,4,9,30H2,1H3/b3-2-. The predicted molar refractivity (Wildman–Crippen MR) is 111 cm³/mol. The third kappa shape index (κ3) is 4.94. The lowest BCUT2D eigenvalue weighted by molar-refractivity contribution is -0.256. The summed E-state index contributed by atoms with van der Waals surface area (Å²) < 4.78 is 101. The molecule has 0 bridgehead atoms. The van der Waals surface area contributed by atoms with Crippen LogP contribution in [0, 0.1) is 5.82 Å². The van der Waals surface area contributed by atoms with Gasteiger partial charge in [0.2, 0.25) is 0 Å². The first-order chi connectivity index (χ1) is 16.7. The highest BCUT2D eigenvalue weighted by atomic mass is 19.4. The first-order valence-corrected chi connectivity index (χ1v) is 10.1. The van der Waals surface area contributed by atoms with Crippen molar-refractivity contribution >= 4 is 11.5 Å². The molecule has 0 fully saturated rings. The lowest BCUT2D eigenvalue weighted by atomic mass is 9.92. The van der Waals surface area contributed by atoms with Gasteiger partial charge in [0.15, 0.2) is 11.5 Å². The zero-order valence-electron chi connectivity index (χ0n) is 18.3. The smallest absolute Gasteiger partial charge is 0.415 e. The Hall–Kier alpha value is -3.81. The summed E-state index contributed by atoms with van der Waals surface area (Å²) in [5.41, 5.74) is -3.75. The number of allylic oxidation sites excluding steroid dienone is 2. The highest BCUT2D eigenvalue weighted by molar-refractivity contribution is 5.97. The Balaban J connectivity index is 2.16. The van der Waals surface area contributed by atoms with E-state index in [9.17, 15) is 40.6 Å². The second kappa shape index (κ2) is 9.68. The van der Waals surface area contributed by atoms with Crippen LogP contribution in [0.2, 0.25) is 0 Å². The number of nitrogens with zero attached hydrogens (tertiary/aromatic N) is 3. The normalized spacial score (nSPS) is 14.2. The molecule has 1 atom stereocenters. The Labute approximate surface area is 198 Å². The molecule has 0 saturated heterocycles. The molecule has 36 heavy (non-hydrogen) atoms. The van der Waals surface area contributed by atoms with E-state index in [0.29, 0.717) is 18.2 Å². The summed E-state index contributed by atoms with van der Waals surface area (Å²) >= 11 is 0. The molecule has 3 N–H and O–H groups in total. The molecule has 0 amide bonds. The van der Waals surface area contributed by atoms with E-state index in [1.165, 1.54) is 6.08 Å². The molecule has 2 heterocycles. The van der Waals surface area contributed by atoms with Crippen LogP contribution in [0.25, 0.3) is 11.6 Å². The number of benzene rings is 1. The van der Waals surface area contributed by atoms with E-state index < -0.39 is 69.5 Å². The van der Waals surface area contributed by atoms with E-state index >= 15 is 0 Å². The van der Waals surface area contributed by atoms with Gasteiger partial charge in [-0.3, -0.25) is 4.79 Å². The number of alkyl halides is 6. The Morgan fingerprint density at radius 3 is 2.36 bits per heavy atom. The molecule has 3 rings (SSSR count). The largest absolute Gasteiger partial charge is 0.430 e. The second-order valence-corrected chi connectivity index (χ2v) is 7.45. The average molecular weight is 518 g/mol. The molecule has 1 aromatic carbocycles. The van der Waals surface area contributed by atoms with Gasteiger partial charge >= 0.3 is 12.4 Å². The fourth-order valence-corrected chi connectivity index (χ4v) is 3.24. The fraction of sp³-hybridized carbons (Fsp3) is 0.273. The number of aromatic nitrogens is 3. The Morgan fingerprint density at radius 2 is 1.78 bits per heavy atom. The van der Waals surface area contributed by atoms with Crippen molar-refractivity contribution in [3.8, 4) is 11.6 Å². The van der Waals surface area contributed by atoms with Gasteiger partial charge in [0.05, 0.1) is 11.3 Å². The topological polar surface area (TPSA) is 115 Å². The Kier molecular flexibility index (Phi) is 7.20. The van der Waals surface area contributed by atoms with E-state index in [2.05, 4.69) is 15.2 Å². The predicted octanol–water partition coefficient (Wildman–Crippen LogP) is 5.21. The molecule has 0 saturated carbocycles. The van der Waals surface area contributed by atoms with Crippen molar-refractivity contribution in [2.75, 3.05) is 5.73 Å². The summed E-state index contributed by atoms with van der Waals surface area (Å²) in [5.74, 6) is -4.95. The minimum Gasteiger partial charge on any atom is -0.415 e. The Bertz CT molecular complexity index is 1300. The van der Waals surface area contributed by atoms with Gasteiger partial charge < -0.3 is 15.3 Å². The molecular weight excluding hydrogens is 501 g/mol. The van der Waals surface area contributed by atoms with Crippen LogP contribution in [0.15, 0.2) is 46.9 Å². The van der Waals surface area contributed by atoms with Crippen molar-refractivity contribution in [2.24, 2.45) is 0 Å². The van der Waals surface area contributed by atoms with Crippen molar-refractivity contribution in [1.82, 2.24) is 15.2 Å². The number of ketones is 1.